The Bertz CT molecular complexity index is 919. The summed E-state index contributed by atoms with van der Waals surface area (Å²) >= 11 is 3.41. The Morgan fingerprint density at radius 3 is 2.68 bits per heavy atom. The minimum Gasteiger partial charge on any atom is -0.370 e. The van der Waals surface area contributed by atoms with Crippen LogP contribution in [0.3, 0.4) is 0 Å². The fourth-order valence-corrected chi connectivity index (χ4v) is 5.17. The van der Waals surface area contributed by atoms with E-state index in [0.717, 1.165) is 4.47 Å². The third-order valence-corrected chi connectivity index (χ3v) is 6.66. The van der Waals surface area contributed by atoms with Crippen molar-refractivity contribution < 1.29 is 19.2 Å². The van der Waals surface area contributed by atoms with Gasteiger partial charge in [-0.2, -0.15) is 0 Å². The van der Waals surface area contributed by atoms with Crippen molar-refractivity contribution in [1.29, 1.82) is 0 Å². The van der Waals surface area contributed by atoms with Crippen LogP contribution >= 0.6 is 15.9 Å². The molecule has 1 spiro atoms. The molecule has 8 nitrogen and oxygen atoms in total. The van der Waals surface area contributed by atoms with E-state index < -0.39 is 35.2 Å². The van der Waals surface area contributed by atoms with Crippen LogP contribution in [0.1, 0.15) is 32.3 Å². The summed E-state index contributed by atoms with van der Waals surface area (Å²) in [6, 6.07) is 4.33. The largest absolute Gasteiger partial charge is 0.370 e. The van der Waals surface area contributed by atoms with Crippen LogP contribution in [0.25, 0.3) is 0 Å². The molecule has 5 atom stereocenters. The highest BCUT2D eigenvalue weighted by Gasteiger charge is 2.70. The minimum absolute atomic E-state index is 0.132. The van der Waals surface area contributed by atoms with E-state index in [-0.39, 0.29) is 24.3 Å². The summed E-state index contributed by atoms with van der Waals surface area (Å²) in [4.78, 5) is 52.6. The van der Waals surface area contributed by atoms with Gasteiger partial charge in [-0.3, -0.25) is 29.4 Å². The van der Waals surface area contributed by atoms with Gasteiger partial charge in [0, 0.05) is 34.2 Å². The van der Waals surface area contributed by atoms with E-state index in [2.05, 4.69) is 26.6 Å². The zero-order valence-electron chi connectivity index (χ0n) is 15.5. The Morgan fingerprint density at radius 1 is 1.32 bits per heavy atom. The first-order valence-electron chi connectivity index (χ1n) is 9.26. The number of amides is 4. The number of primary amides is 1. The number of carbonyl (C=O) groups excluding carboxylic acids is 4. The molecule has 2 fully saturated rings. The molecule has 0 radical (unpaired) electrons. The summed E-state index contributed by atoms with van der Waals surface area (Å²) < 4.78 is 0.745. The van der Waals surface area contributed by atoms with Gasteiger partial charge in [0.1, 0.15) is 5.54 Å². The number of fused-ring (bicyclic) bond motifs is 4. The van der Waals surface area contributed by atoms with E-state index in [9.17, 15) is 19.2 Å². The molecule has 4 amide bonds. The lowest BCUT2D eigenvalue weighted by atomic mass is 9.76. The molecular formula is C19H21BrN4O4. The molecule has 0 bridgehead atoms. The maximum absolute atomic E-state index is 13.4. The van der Waals surface area contributed by atoms with Gasteiger partial charge < -0.3 is 11.1 Å². The quantitative estimate of drug-likeness (QED) is 0.589. The van der Waals surface area contributed by atoms with Crippen molar-refractivity contribution in [2.45, 2.75) is 44.3 Å². The number of hydrogen-bond acceptors (Lipinski definition) is 5. The third kappa shape index (κ3) is 2.39. The fourth-order valence-electron chi connectivity index (χ4n) is 4.80. The Hall–Kier alpha value is -2.26. The van der Waals surface area contributed by atoms with Gasteiger partial charge in [-0.15, -0.1) is 0 Å². The van der Waals surface area contributed by atoms with E-state index in [1.807, 2.05) is 6.92 Å². The van der Waals surface area contributed by atoms with Gasteiger partial charge in [-0.05, 0) is 31.5 Å². The van der Waals surface area contributed by atoms with Crippen molar-refractivity contribution in [3.05, 3.63) is 28.2 Å². The van der Waals surface area contributed by atoms with Crippen LogP contribution in [0.2, 0.25) is 0 Å². The van der Waals surface area contributed by atoms with Crippen LogP contribution in [0.15, 0.2) is 22.7 Å². The molecule has 1 aromatic rings. The van der Waals surface area contributed by atoms with Crippen molar-refractivity contribution in [2.24, 2.45) is 17.6 Å². The first kappa shape index (κ1) is 19.1. The van der Waals surface area contributed by atoms with Gasteiger partial charge in [-0.25, -0.2) is 0 Å². The number of benzene rings is 1. The Kier molecular flexibility index (Phi) is 4.35. The molecule has 4 rings (SSSR count). The van der Waals surface area contributed by atoms with Crippen LogP contribution in [-0.2, 0) is 24.7 Å². The number of rotatable bonds is 4. The van der Waals surface area contributed by atoms with Crippen molar-refractivity contribution in [3.63, 3.8) is 0 Å². The smallest absolute Gasteiger partial charge is 0.250 e. The average molecular weight is 449 g/mol. The average Bonchev–Trinajstić information content (AvgIpc) is 3.20. The summed E-state index contributed by atoms with van der Waals surface area (Å²) in [5, 5.41) is 5.99. The predicted molar refractivity (Wildman–Crippen MR) is 104 cm³/mol. The van der Waals surface area contributed by atoms with Crippen LogP contribution < -0.4 is 16.4 Å². The van der Waals surface area contributed by atoms with E-state index in [0.29, 0.717) is 17.7 Å². The molecule has 0 unspecified atom stereocenters. The second-order valence-electron chi connectivity index (χ2n) is 7.68. The fraction of sp³-hybridized carbons (Fsp3) is 0.474. The molecule has 3 aliphatic rings. The van der Waals surface area contributed by atoms with Gasteiger partial charge in [0.2, 0.25) is 23.6 Å². The van der Waals surface area contributed by atoms with Crippen LogP contribution in [0.4, 0.5) is 5.69 Å². The highest BCUT2D eigenvalue weighted by atomic mass is 79.9. The molecular weight excluding hydrogens is 428 g/mol. The Balaban J connectivity index is 1.90. The van der Waals surface area contributed by atoms with Crippen LogP contribution in [-0.4, -0.2) is 40.6 Å². The lowest BCUT2D eigenvalue weighted by Crippen LogP contribution is -2.54. The summed E-state index contributed by atoms with van der Waals surface area (Å²) in [5.74, 6) is -3.46. The molecule has 3 aliphatic heterocycles. The summed E-state index contributed by atoms with van der Waals surface area (Å²) in [6.45, 7) is 3.70. The highest BCUT2D eigenvalue weighted by molar-refractivity contribution is 9.10. The third-order valence-electron chi connectivity index (χ3n) is 6.16. The van der Waals surface area contributed by atoms with E-state index in [1.165, 1.54) is 4.90 Å². The summed E-state index contributed by atoms with van der Waals surface area (Å²) in [6.07, 6.45) is 0.471. The number of carbonyl (C=O) groups is 4. The van der Waals surface area contributed by atoms with Gasteiger partial charge >= 0.3 is 0 Å². The zero-order valence-corrected chi connectivity index (χ0v) is 17.1. The normalized spacial score (nSPS) is 31.9. The van der Waals surface area contributed by atoms with Crippen molar-refractivity contribution in [1.82, 2.24) is 10.2 Å². The zero-order chi connectivity index (χ0) is 20.4. The molecule has 148 valence electrons. The van der Waals surface area contributed by atoms with Gasteiger partial charge in [0.15, 0.2) is 0 Å². The van der Waals surface area contributed by atoms with Gasteiger partial charge in [-0.1, -0.05) is 22.9 Å². The minimum atomic E-state index is -1.40. The van der Waals surface area contributed by atoms with Crippen molar-refractivity contribution in [2.75, 3.05) is 5.32 Å². The first-order valence-corrected chi connectivity index (χ1v) is 10.1. The predicted octanol–water partition coefficient (Wildman–Crippen LogP) is 0.843. The monoisotopic (exact) mass is 448 g/mol. The number of halogens is 1. The Labute approximate surface area is 170 Å². The van der Waals surface area contributed by atoms with Crippen LogP contribution in [0.5, 0.6) is 0 Å². The number of likely N-dealkylation sites (tertiary alicyclic amines) is 1. The van der Waals surface area contributed by atoms with E-state index >= 15 is 0 Å². The van der Waals surface area contributed by atoms with Crippen molar-refractivity contribution in [3.8, 4) is 0 Å². The number of nitrogens with zero attached hydrogens (tertiary/aromatic N) is 1. The van der Waals surface area contributed by atoms with Crippen LogP contribution in [0, 0.1) is 11.8 Å². The van der Waals surface area contributed by atoms with Gasteiger partial charge in [0.05, 0.1) is 11.8 Å². The first-order chi connectivity index (χ1) is 13.2. The lowest BCUT2D eigenvalue weighted by molar-refractivity contribution is -0.145. The van der Waals surface area contributed by atoms with E-state index in [1.54, 1.807) is 25.1 Å². The Morgan fingerprint density at radius 2 is 2.04 bits per heavy atom. The second kappa shape index (κ2) is 6.38. The molecule has 0 saturated carbocycles. The molecule has 0 aromatic heterocycles. The maximum atomic E-state index is 13.4. The highest BCUT2D eigenvalue weighted by Crippen LogP contribution is 2.54. The molecule has 3 heterocycles. The molecule has 0 aliphatic carbocycles. The second-order valence-corrected chi connectivity index (χ2v) is 8.60. The van der Waals surface area contributed by atoms with E-state index in [4.69, 9.17) is 5.73 Å². The number of nitrogens with two attached hydrogens (primary N) is 1. The summed E-state index contributed by atoms with van der Waals surface area (Å²) in [5.41, 5.74) is 5.18. The number of anilines is 1. The molecule has 2 saturated heterocycles. The standard InChI is InChI=1S/C19H21BrN4O4/c1-3-8(2)24-16(26)14-12(7-13(21)25)23-19(15(14)17(24)27)10-6-9(20)4-5-11(10)22-18(19)28/h4-6,8,12,14-15,23H,3,7H2,1-2H3,(H2,21,25)(H,22,28)/t8-,12+,14+,15+,19-/m1/s1. The molecule has 28 heavy (non-hydrogen) atoms. The molecule has 1 aromatic carbocycles. The number of hydrogen-bond donors (Lipinski definition) is 3. The van der Waals surface area contributed by atoms with Crippen molar-refractivity contribution >= 4 is 45.2 Å². The van der Waals surface area contributed by atoms with Gasteiger partial charge in [0.25, 0.3) is 0 Å². The maximum Gasteiger partial charge on any atom is 0.250 e. The number of imide groups is 1. The lowest BCUT2D eigenvalue weighted by Gasteiger charge is -2.31. The number of nitrogens with one attached hydrogen (secondary N) is 2. The topological polar surface area (TPSA) is 122 Å². The SMILES string of the molecule is CC[C@@H](C)N1C(=O)[C@H]2[C@H](CC(N)=O)N[C@@]3(C(=O)Nc4ccc(Br)cc43)[C@@H]2C1=O. The molecule has 9 heteroatoms. The summed E-state index contributed by atoms with van der Waals surface area (Å²) in [7, 11) is 0. The molecule has 4 N–H and O–H groups in total.